The Morgan fingerprint density at radius 3 is 2.50 bits per heavy atom. The van der Waals surface area contributed by atoms with Crippen LogP contribution in [0.25, 0.3) is 0 Å². The summed E-state index contributed by atoms with van der Waals surface area (Å²) in [7, 11) is 2.37. The molecule has 1 aromatic carbocycles. The predicted octanol–water partition coefficient (Wildman–Crippen LogP) is 1.02. The number of nitrogens with zero attached hydrogens (tertiary/aromatic N) is 2. The molecule has 1 rings (SSSR count). The van der Waals surface area contributed by atoms with Crippen molar-refractivity contribution in [3.05, 3.63) is 34.4 Å². The molecule has 0 spiro atoms. The molecule has 1 aromatic rings. The van der Waals surface area contributed by atoms with E-state index >= 15 is 0 Å². The zero-order valence-corrected chi connectivity index (χ0v) is 9.77. The number of methoxy groups -OCH3 is 1. The van der Waals surface area contributed by atoms with Crippen LogP contribution < -0.4 is 5.06 Å². The minimum Gasteiger partial charge on any atom is -0.478 e. The summed E-state index contributed by atoms with van der Waals surface area (Å²) in [6.45, 7) is 0. The van der Waals surface area contributed by atoms with Gasteiger partial charge in [0, 0.05) is 13.2 Å². The van der Waals surface area contributed by atoms with Crippen molar-refractivity contribution in [3.8, 4) is 0 Å². The predicted molar refractivity (Wildman–Crippen MR) is 61.0 cm³/mol. The second-order valence-electron chi connectivity index (χ2n) is 3.18. The van der Waals surface area contributed by atoms with E-state index in [0.717, 1.165) is 5.06 Å². The Labute approximate surface area is 102 Å². The molecule has 18 heavy (non-hydrogen) atoms. The first-order valence-electron chi connectivity index (χ1n) is 4.85. The normalized spacial score (nSPS) is 11.9. The van der Waals surface area contributed by atoms with E-state index in [-0.39, 0.29) is 11.4 Å². The van der Waals surface area contributed by atoms with Gasteiger partial charge in [0.1, 0.15) is 5.69 Å². The fourth-order valence-corrected chi connectivity index (χ4v) is 1.42. The van der Waals surface area contributed by atoms with Crippen LogP contribution >= 0.6 is 0 Å². The van der Waals surface area contributed by atoms with Gasteiger partial charge < -0.3 is 9.84 Å². The SMILES string of the molecule is COC(C(=O)O)N(OC)c1ccccc1[N+](=O)[O-]. The average Bonchev–Trinajstić information content (AvgIpc) is 2.35. The van der Waals surface area contributed by atoms with Gasteiger partial charge in [-0.15, -0.1) is 0 Å². The number of hydroxylamine groups is 1. The van der Waals surface area contributed by atoms with Gasteiger partial charge in [-0.3, -0.25) is 15.0 Å². The summed E-state index contributed by atoms with van der Waals surface area (Å²) in [4.78, 5) is 26.1. The number of ether oxygens (including phenoxy) is 1. The van der Waals surface area contributed by atoms with Crippen molar-refractivity contribution >= 4 is 17.3 Å². The zero-order chi connectivity index (χ0) is 13.7. The number of hydrogen-bond acceptors (Lipinski definition) is 6. The van der Waals surface area contributed by atoms with Gasteiger partial charge in [-0.1, -0.05) is 12.1 Å². The monoisotopic (exact) mass is 256 g/mol. The summed E-state index contributed by atoms with van der Waals surface area (Å²) in [5.74, 6) is -1.32. The van der Waals surface area contributed by atoms with Gasteiger partial charge >= 0.3 is 5.97 Å². The van der Waals surface area contributed by atoms with E-state index in [1.165, 1.54) is 38.5 Å². The van der Waals surface area contributed by atoms with E-state index in [2.05, 4.69) is 0 Å². The Kier molecular flexibility index (Phi) is 4.58. The number of carboxylic acids is 1. The third kappa shape index (κ3) is 2.73. The summed E-state index contributed by atoms with van der Waals surface area (Å²) < 4.78 is 4.73. The first-order valence-corrected chi connectivity index (χ1v) is 4.85. The number of aliphatic carboxylic acids is 1. The quantitative estimate of drug-likeness (QED) is 0.460. The number of rotatable bonds is 6. The van der Waals surface area contributed by atoms with Crippen molar-refractivity contribution in [1.82, 2.24) is 0 Å². The molecule has 0 aliphatic carbocycles. The Morgan fingerprint density at radius 1 is 1.44 bits per heavy atom. The number of anilines is 1. The molecule has 0 aliphatic heterocycles. The third-order valence-electron chi connectivity index (χ3n) is 2.16. The summed E-state index contributed by atoms with van der Waals surface area (Å²) in [6, 6.07) is 5.62. The number of nitro benzene ring substituents is 1. The minimum atomic E-state index is -1.48. The molecule has 0 amide bonds. The molecular weight excluding hydrogens is 244 g/mol. The Hall–Kier alpha value is -2.19. The lowest BCUT2D eigenvalue weighted by Crippen LogP contribution is -2.42. The second-order valence-corrected chi connectivity index (χ2v) is 3.18. The van der Waals surface area contributed by atoms with Gasteiger partial charge in [-0.25, -0.2) is 9.86 Å². The second kappa shape index (κ2) is 5.94. The molecule has 1 N–H and O–H groups in total. The van der Waals surface area contributed by atoms with Crippen LogP contribution in [0.5, 0.6) is 0 Å². The highest BCUT2D eigenvalue weighted by Gasteiger charge is 2.30. The zero-order valence-electron chi connectivity index (χ0n) is 9.77. The van der Waals surface area contributed by atoms with E-state index in [1.807, 2.05) is 0 Å². The number of carbonyl (C=O) groups is 1. The Morgan fingerprint density at radius 2 is 2.06 bits per heavy atom. The van der Waals surface area contributed by atoms with Crippen LogP contribution in [0.3, 0.4) is 0 Å². The molecule has 0 fully saturated rings. The largest absolute Gasteiger partial charge is 0.478 e. The average molecular weight is 256 g/mol. The maximum Gasteiger partial charge on any atom is 0.356 e. The van der Waals surface area contributed by atoms with Gasteiger partial charge in [-0.05, 0) is 6.07 Å². The summed E-state index contributed by atoms with van der Waals surface area (Å²) in [5, 5.41) is 20.6. The van der Waals surface area contributed by atoms with Crippen molar-refractivity contribution in [1.29, 1.82) is 0 Å². The van der Waals surface area contributed by atoms with Crippen molar-refractivity contribution < 1.29 is 24.4 Å². The van der Waals surface area contributed by atoms with Crippen LogP contribution in [-0.4, -0.2) is 36.4 Å². The summed E-state index contributed by atoms with van der Waals surface area (Å²) >= 11 is 0. The van der Waals surface area contributed by atoms with E-state index in [9.17, 15) is 14.9 Å². The maximum atomic E-state index is 11.0. The van der Waals surface area contributed by atoms with Crippen LogP contribution in [-0.2, 0) is 14.4 Å². The number of nitro groups is 1. The van der Waals surface area contributed by atoms with Gasteiger partial charge in [0.25, 0.3) is 11.9 Å². The number of para-hydroxylation sites is 2. The molecule has 98 valence electrons. The van der Waals surface area contributed by atoms with Gasteiger partial charge in [-0.2, -0.15) is 0 Å². The minimum absolute atomic E-state index is 0.000694. The lowest BCUT2D eigenvalue weighted by Gasteiger charge is -2.26. The smallest absolute Gasteiger partial charge is 0.356 e. The third-order valence-corrected chi connectivity index (χ3v) is 2.16. The molecular formula is C10H12N2O6. The van der Waals surface area contributed by atoms with Crippen LogP contribution in [0.1, 0.15) is 0 Å². The van der Waals surface area contributed by atoms with Crippen LogP contribution in [0.15, 0.2) is 24.3 Å². The Bertz CT molecular complexity index is 450. The highest BCUT2D eigenvalue weighted by molar-refractivity contribution is 5.77. The molecule has 0 aliphatic rings. The van der Waals surface area contributed by atoms with Gasteiger partial charge in [0.2, 0.25) is 0 Å². The molecule has 8 nitrogen and oxygen atoms in total. The lowest BCUT2D eigenvalue weighted by molar-refractivity contribution is -0.384. The molecule has 1 atom stereocenters. The van der Waals surface area contributed by atoms with E-state index in [4.69, 9.17) is 14.7 Å². The first kappa shape index (κ1) is 13.9. The van der Waals surface area contributed by atoms with Crippen LogP contribution in [0.4, 0.5) is 11.4 Å². The highest BCUT2D eigenvalue weighted by atomic mass is 16.7. The summed E-state index contributed by atoms with van der Waals surface area (Å²) in [5.41, 5.74) is -0.276. The van der Waals surface area contributed by atoms with Crippen LogP contribution in [0, 0.1) is 10.1 Å². The van der Waals surface area contributed by atoms with E-state index in [1.54, 1.807) is 0 Å². The lowest BCUT2D eigenvalue weighted by atomic mass is 10.2. The van der Waals surface area contributed by atoms with Gasteiger partial charge in [0.05, 0.1) is 12.0 Å². The highest BCUT2D eigenvalue weighted by Crippen LogP contribution is 2.29. The van der Waals surface area contributed by atoms with E-state index in [0.29, 0.717) is 0 Å². The molecule has 0 saturated heterocycles. The fraction of sp³-hybridized carbons (Fsp3) is 0.300. The summed E-state index contributed by atoms with van der Waals surface area (Å²) in [6.07, 6.45) is -1.48. The fourth-order valence-electron chi connectivity index (χ4n) is 1.42. The van der Waals surface area contributed by atoms with Crippen molar-refractivity contribution in [2.45, 2.75) is 6.23 Å². The van der Waals surface area contributed by atoms with Crippen molar-refractivity contribution in [2.24, 2.45) is 0 Å². The van der Waals surface area contributed by atoms with Crippen molar-refractivity contribution in [3.63, 3.8) is 0 Å². The molecule has 1 unspecified atom stereocenters. The number of hydrogen-bond donors (Lipinski definition) is 1. The first-order chi connectivity index (χ1) is 8.52. The molecule has 8 heteroatoms. The van der Waals surface area contributed by atoms with Gasteiger partial charge in [0.15, 0.2) is 0 Å². The molecule has 0 aromatic heterocycles. The molecule has 0 bridgehead atoms. The number of carboxylic acid groups (broad SMARTS) is 1. The van der Waals surface area contributed by atoms with E-state index < -0.39 is 17.1 Å². The maximum absolute atomic E-state index is 11.0. The molecule has 0 saturated carbocycles. The van der Waals surface area contributed by atoms with Crippen LogP contribution in [0.2, 0.25) is 0 Å². The molecule has 0 radical (unpaired) electrons. The standard InChI is InChI=1S/C10H12N2O6/c1-17-9(10(13)14)11(18-2)7-5-3-4-6-8(7)12(15)16/h3-6,9H,1-2H3,(H,13,14). The Balaban J connectivity index is 3.24. The number of benzene rings is 1. The molecule has 0 heterocycles. The van der Waals surface area contributed by atoms with Crippen molar-refractivity contribution in [2.75, 3.05) is 19.3 Å². The topological polar surface area (TPSA) is 102 Å².